The lowest BCUT2D eigenvalue weighted by Crippen LogP contribution is -2.65. The number of pyridine rings is 1. The van der Waals surface area contributed by atoms with Crippen molar-refractivity contribution in [2.45, 2.75) is 77.1 Å². The highest BCUT2D eigenvalue weighted by molar-refractivity contribution is 5.97. The van der Waals surface area contributed by atoms with Gasteiger partial charge in [0.25, 0.3) is 11.8 Å². The average molecular weight is 574 g/mol. The lowest BCUT2D eigenvalue weighted by Gasteiger charge is -2.58. The maximum Gasteiger partial charge on any atom is 0.282 e. The van der Waals surface area contributed by atoms with Crippen LogP contribution in [0.2, 0.25) is 0 Å². The van der Waals surface area contributed by atoms with Gasteiger partial charge in [-0.05, 0) is 70.2 Å². The lowest BCUT2D eigenvalue weighted by molar-refractivity contribution is -0.0350. The number of amides is 1. The molecule has 0 bridgehead atoms. The summed E-state index contributed by atoms with van der Waals surface area (Å²) in [7, 11) is 0. The minimum absolute atomic E-state index is 0.0131. The molecule has 3 fully saturated rings. The molecule has 3 aromatic rings. The predicted octanol–water partition coefficient (Wildman–Crippen LogP) is 4.29. The zero-order chi connectivity index (χ0) is 28.8. The molecule has 220 valence electrons. The number of hydrogen-bond acceptors (Lipinski definition) is 9. The lowest BCUT2D eigenvalue weighted by atomic mass is 9.61. The second-order valence-electron chi connectivity index (χ2n) is 12.4. The van der Waals surface area contributed by atoms with Gasteiger partial charge in [-0.3, -0.25) is 9.78 Å². The largest absolute Gasteiger partial charge is 0.490 e. The van der Waals surface area contributed by atoms with E-state index >= 15 is 0 Å². The Hall–Kier alpha value is -3.86. The van der Waals surface area contributed by atoms with Crippen LogP contribution in [-0.2, 0) is 13.0 Å². The third-order valence-electron chi connectivity index (χ3n) is 9.12. The number of rotatable bonds is 8. The molecule has 2 saturated carbocycles. The zero-order valence-corrected chi connectivity index (χ0v) is 24.1. The van der Waals surface area contributed by atoms with Crippen molar-refractivity contribution in [3.8, 4) is 17.4 Å². The van der Waals surface area contributed by atoms with Gasteiger partial charge in [0.1, 0.15) is 29.7 Å². The molecular weight excluding hydrogens is 537 g/mol. The molecule has 1 aromatic carbocycles. The topological polar surface area (TPSA) is 106 Å². The number of benzene rings is 1. The van der Waals surface area contributed by atoms with Gasteiger partial charge in [0.15, 0.2) is 5.82 Å². The summed E-state index contributed by atoms with van der Waals surface area (Å²) >= 11 is 0. The van der Waals surface area contributed by atoms with E-state index < -0.39 is 5.82 Å². The standard InChI is InChI=1S/C31H36FN7O3/c1-19(2)39(21-4-3-5-21)30(40)23-12-20(32)6-7-26(23)42-29-28(35-18-36-37-29)38-16-31(17-38)13-22(14-31)41-27-9-11-34-25-8-10-33-15-24(25)27/h6-7,9,11-12,18-19,21-22,33H,3-5,8,10,13-17H2,1-2H3. The van der Waals surface area contributed by atoms with Gasteiger partial charge in [0.05, 0.1) is 5.56 Å². The molecule has 2 aromatic heterocycles. The summed E-state index contributed by atoms with van der Waals surface area (Å²) in [6, 6.07) is 6.15. The summed E-state index contributed by atoms with van der Waals surface area (Å²) in [6.45, 7) is 7.32. The molecular formula is C31H36FN7O3. The Bertz CT molecular complexity index is 1480. The van der Waals surface area contributed by atoms with Gasteiger partial charge >= 0.3 is 0 Å². The van der Waals surface area contributed by atoms with Crippen LogP contribution in [-0.4, -0.2) is 68.8 Å². The molecule has 0 atom stereocenters. The van der Waals surface area contributed by atoms with Crippen LogP contribution in [0.1, 0.15) is 67.6 Å². The number of anilines is 1. The van der Waals surface area contributed by atoms with E-state index in [1.807, 2.05) is 31.0 Å². The van der Waals surface area contributed by atoms with Crippen molar-refractivity contribution in [1.82, 2.24) is 30.4 Å². The first-order valence-electron chi connectivity index (χ1n) is 15.0. The van der Waals surface area contributed by atoms with Crippen molar-refractivity contribution in [3.05, 3.63) is 59.4 Å². The van der Waals surface area contributed by atoms with Crippen LogP contribution in [0.4, 0.5) is 10.2 Å². The monoisotopic (exact) mass is 573 g/mol. The molecule has 1 N–H and O–H groups in total. The van der Waals surface area contributed by atoms with Crippen LogP contribution >= 0.6 is 0 Å². The summed E-state index contributed by atoms with van der Waals surface area (Å²) in [5.74, 6) is 1.23. The third-order valence-corrected chi connectivity index (χ3v) is 9.12. The van der Waals surface area contributed by atoms with E-state index in [0.29, 0.717) is 5.82 Å². The van der Waals surface area contributed by atoms with Crippen LogP contribution < -0.4 is 19.7 Å². The number of aromatic nitrogens is 4. The summed E-state index contributed by atoms with van der Waals surface area (Å²) in [5.41, 5.74) is 2.65. The SMILES string of the molecule is CC(C)N(C(=O)c1cc(F)ccc1Oc1nncnc1N1CC2(CC(Oc3ccnc4c3CNCC4)C2)C1)C1CCC1. The average Bonchev–Trinajstić information content (AvgIpc) is 2.92. The highest BCUT2D eigenvalue weighted by Crippen LogP contribution is 2.52. The van der Waals surface area contributed by atoms with Crippen molar-refractivity contribution in [2.24, 2.45) is 5.41 Å². The van der Waals surface area contributed by atoms with E-state index in [1.165, 1.54) is 30.1 Å². The molecule has 0 unspecified atom stereocenters. The van der Waals surface area contributed by atoms with E-state index in [1.54, 1.807) is 0 Å². The predicted molar refractivity (Wildman–Crippen MR) is 153 cm³/mol. The van der Waals surface area contributed by atoms with E-state index in [0.717, 1.165) is 76.1 Å². The maximum absolute atomic E-state index is 14.4. The molecule has 11 heteroatoms. The number of hydrogen-bond donors (Lipinski definition) is 1. The normalized spacial score (nSPS) is 19.5. The number of halogens is 1. The minimum Gasteiger partial charge on any atom is -0.490 e. The summed E-state index contributed by atoms with van der Waals surface area (Å²) < 4.78 is 27.0. The summed E-state index contributed by atoms with van der Waals surface area (Å²) in [5, 5.41) is 11.6. The van der Waals surface area contributed by atoms with E-state index in [9.17, 15) is 9.18 Å². The Balaban J connectivity index is 1.03. The smallest absolute Gasteiger partial charge is 0.282 e. The van der Waals surface area contributed by atoms with Crippen LogP contribution in [0.5, 0.6) is 17.4 Å². The first-order valence-corrected chi connectivity index (χ1v) is 15.0. The first kappa shape index (κ1) is 27.0. The summed E-state index contributed by atoms with van der Waals surface area (Å²) in [4.78, 5) is 26.6. The van der Waals surface area contributed by atoms with Gasteiger partial charge in [-0.1, -0.05) is 0 Å². The van der Waals surface area contributed by atoms with Crippen LogP contribution in [0.25, 0.3) is 0 Å². The molecule has 10 nitrogen and oxygen atoms in total. The van der Waals surface area contributed by atoms with E-state index in [-0.39, 0.29) is 46.7 Å². The third kappa shape index (κ3) is 4.93. The van der Waals surface area contributed by atoms with Gasteiger partial charge in [0.2, 0.25) is 0 Å². The Morgan fingerprint density at radius 1 is 1.17 bits per heavy atom. The van der Waals surface area contributed by atoms with Gasteiger partial charge < -0.3 is 24.6 Å². The Labute approximate surface area is 244 Å². The van der Waals surface area contributed by atoms with Gasteiger partial charge in [-0.15, -0.1) is 10.2 Å². The van der Waals surface area contributed by atoms with E-state index in [2.05, 4.69) is 30.4 Å². The fraction of sp³-hybridized carbons (Fsp3) is 0.516. The number of carbonyl (C=O) groups excluding carboxylic acids is 1. The molecule has 42 heavy (non-hydrogen) atoms. The van der Waals surface area contributed by atoms with Crippen molar-refractivity contribution in [3.63, 3.8) is 0 Å². The van der Waals surface area contributed by atoms with Crippen molar-refractivity contribution < 1.29 is 18.7 Å². The molecule has 7 rings (SSSR count). The summed E-state index contributed by atoms with van der Waals surface area (Å²) in [6.07, 6.45) is 9.28. The Kier molecular flexibility index (Phi) is 6.92. The second kappa shape index (κ2) is 10.8. The quantitative estimate of drug-likeness (QED) is 0.422. The molecule has 1 spiro atoms. The second-order valence-corrected chi connectivity index (χ2v) is 12.4. The number of ether oxygens (including phenoxy) is 2. The molecule has 0 radical (unpaired) electrons. The minimum atomic E-state index is -0.490. The number of fused-ring (bicyclic) bond motifs is 1. The molecule has 1 amide bonds. The molecule has 1 saturated heterocycles. The number of nitrogens with zero attached hydrogens (tertiary/aromatic N) is 6. The van der Waals surface area contributed by atoms with Crippen LogP contribution in [0.15, 0.2) is 36.8 Å². The molecule has 4 heterocycles. The first-order chi connectivity index (χ1) is 20.4. The molecule has 2 aliphatic carbocycles. The van der Waals surface area contributed by atoms with Crippen LogP contribution in [0, 0.1) is 11.2 Å². The highest BCUT2D eigenvalue weighted by Gasteiger charge is 2.54. The van der Waals surface area contributed by atoms with Crippen molar-refractivity contribution in [1.29, 1.82) is 0 Å². The molecule has 4 aliphatic rings. The van der Waals surface area contributed by atoms with Crippen molar-refractivity contribution in [2.75, 3.05) is 24.5 Å². The zero-order valence-electron chi connectivity index (χ0n) is 24.1. The van der Waals surface area contributed by atoms with Gasteiger partial charge in [-0.25, -0.2) is 9.37 Å². The van der Waals surface area contributed by atoms with Crippen LogP contribution in [0.3, 0.4) is 0 Å². The fourth-order valence-electron chi connectivity index (χ4n) is 6.82. The highest BCUT2D eigenvalue weighted by atomic mass is 19.1. The Morgan fingerprint density at radius 2 is 2.00 bits per heavy atom. The Morgan fingerprint density at radius 3 is 2.76 bits per heavy atom. The maximum atomic E-state index is 14.4. The van der Waals surface area contributed by atoms with Gasteiger partial charge in [-0.2, -0.15) is 0 Å². The van der Waals surface area contributed by atoms with Gasteiger partial charge in [0, 0.05) is 67.6 Å². The number of carbonyl (C=O) groups is 1. The van der Waals surface area contributed by atoms with Crippen molar-refractivity contribution >= 4 is 11.7 Å². The number of nitrogens with one attached hydrogen (secondary N) is 1. The molecule has 2 aliphatic heterocycles. The van der Waals surface area contributed by atoms with E-state index in [4.69, 9.17) is 9.47 Å². The fourth-order valence-corrected chi connectivity index (χ4v) is 6.82.